The molecule has 0 amide bonds. The maximum absolute atomic E-state index is 11.8. The van der Waals surface area contributed by atoms with Crippen LogP contribution >= 0.6 is 7.60 Å². The summed E-state index contributed by atoms with van der Waals surface area (Å²) in [7, 11) is 0.946. The molecule has 0 spiro atoms. The van der Waals surface area contributed by atoms with Gasteiger partial charge in [0.1, 0.15) is 6.54 Å². The topological polar surface area (TPSA) is 77.8 Å². The Hall–Kier alpha value is -0.450. The summed E-state index contributed by atoms with van der Waals surface area (Å²) >= 11 is 0. The number of aliphatic hydroxyl groups is 1. The van der Waals surface area contributed by atoms with Crippen LogP contribution in [-0.4, -0.2) is 52.4 Å². The highest BCUT2D eigenvalue weighted by Gasteiger charge is 2.48. The average molecular weight is 517 g/mol. The number of rotatable bonds is 24. The first-order valence-corrected chi connectivity index (χ1v) is 16.0. The lowest BCUT2D eigenvalue weighted by molar-refractivity contribution is -0.875. The Bertz CT molecular complexity index is 594. The van der Waals surface area contributed by atoms with Crippen LogP contribution in [0.3, 0.4) is 0 Å². The van der Waals surface area contributed by atoms with E-state index in [1.807, 2.05) is 21.1 Å². The molecule has 1 unspecified atom stereocenters. The molecule has 0 saturated heterocycles. The molecular formula is C29H59NO4P+. The second-order valence-corrected chi connectivity index (χ2v) is 13.3. The number of hydrogen-bond donors (Lipinski definition) is 3. The van der Waals surface area contributed by atoms with Crippen molar-refractivity contribution < 1.29 is 23.9 Å². The van der Waals surface area contributed by atoms with E-state index in [0.717, 1.165) is 25.7 Å². The largest absolute Gasteiger partial charge is 0.373 e. The van der Waals surface area contributed by atoms with Gasteiger partial charge in [-0.3, -0.25) is 4.57 Å². The van der Waals surface area contributed by atoms with Gasteiger partial charge in [-0.05, 0) is 64.2 Å². The molecule has 0 bridgehead atoms. The summed E-state index contributed by atoms with van der Waals surface area (Å²) in [6.07, 6.45) is 31.3. The molecule has 0 saturated carbocycles. The molecule has 208 valence electrons. The Morgan fingerprint density at radius 3 is 1.31 bits per heavy atom. The normalized spacial score (nSPS) is 14.8. The minimum absolute atomic E-state index is 0.0487. The first-order valence-electron chi connectivity index (χ1n) is 14.4. The SMILES string of the molecule is CCCCCCCC/C=C\CCCCCCC/C=C\CCCCCC(O)(C[N+](C)(C)C)P(=O)(O)O. The first-order chi connectivity index (χ1) is 16.5. The third-order valence-electron chi connectivity index (χ3n) is 6.52. The van der Waals surface area contributed by atoms with Gasteiger partial charge in [-0.15, -0.1) is 0 Å². The Kier molecular flexibility index (Phi) is 20.3. The van der Waals surface area contributed by atoms with Gasteiger partial charge in [0.25, 0.3) is 0 Å². The highest BCUT2D eigenvalue weighted by atomic mass is 31.2. The Labute approximate surface area is 217 Å². The fraction of sp³-hybridized carbons (Fsp3) is 0.862. The van der Waals surface area contributed by atoms with Gasteiger partial charge >= 0.3 is 7.60 Å². The van der Waals surface area contributed by atoms with Crippen molar-refractivity contribution in [3.8, 4) is 0 Å². The van der Waals surface area contributed by atoms with E-state index in [-0.39, 0.29) is 13.0 Å². The maximum atomic E-state index is 11.8. The molecule has 0 fully saturated rings. The minimum Gasteiger partial charge on any atom is -0.373 e. The molecular weight excluding hydrogens is 457 g/mol. The van der Waals surface area contributed by atoms with Crippen LogP contribution < -0.4 is 0 Å². The van der Waals surface area contributed by atoms with Gasteiger partial charge in [-0.2, -0.15) is 0 Å². The van der Waals surface area contributed by atoms with Crippen LogP contribution in [0.1, 0.15) is 129 Å². The summed E-state index contributed by atoms with van der Waals surface area (Å²) in [5.74, 6) is 0. The highest BCUT2D eigenvalue weighted by Crippen LogP contribution is 2.52. The molecule has 0 rings (SSSR count). The zero-order chi connectivity index (χ0) is 26.5. The molecule has 1 atom stereocenters. The van der Waals surface area contributed by atoms with Crippen LogP contribution in [0.5, 0.6) is 0 Å². The van der Waals surface area contributed by atoms with Crippen molar-refractivity contribution in [2.75, 3.05) is 27.7 Å². The Morgan fingerprint density at radius 1 is 0.629 bits per heavy atom. The van der Waals surface area contributed by atoms with Gasteiger partial charge < -0.3 is 19.4 Å². The van der Waals surface area contributed by atoms with Crippen LogP contribution in [0.25, 0.3) is 0 Å². The number of quaternary nitrogens is 1. The molecule has 5 nitrogen and oxygen atoms in total. The molecule has 35 heavy (non-hydrogen) atoms. The maximum Gasteiger partial charge on any atom is 0.362 e. The zero-order valence-electron chi connectivity index (χ0n) is 23.6. The third kappa shape index (κ3) is 21.4. The van der Waals surface area contributed by atoms with Crippen LogP contribution in [0.15, 0.2) is 24.3 Å². The van der Waals surface area contributed by atoms with E-state index in [4.69, 9.17) is 0 Å². The second kappa shape index (κ2) is 20.6. The van der Waals surface area contributed by atoms with E-state index < -0.39 is 12.9 Å². The third-order valence-corrected chi connectivity index (χ3v) is 7.97. The summed E-state index contributed by atoms with van der Waals surface area (Å²) in [6.45, 7) is 2.32. The monoisotopic (exact) mass is 516 g/mol. The van der Waals surface area contributed by atoms with Crippen LogP contribution in [0.4, 0.5) is 0 Å². The van der Waals surface area contributed by atoms with Crippen molar-refractivity contribution in [3.05, 3.63) is 24.3 Å². The summed E-state index contributed by atoms with van der Waals surface area (Å²) in [5.41, 5.74) is 0. The number of allylic oxidation sites excluding steroid dienone is 4. The first kappa shape index (κ1) is 34.6. The number of hydrogen-bond acceptors (Lipinski definition) is 2. The van der Waals surface area contributed by atoms with Gasteiger partial charge in [0.2, 0.25) is 5.34 Å². The molecule has 0 aromatic rings. The summed E-state index contributed by atoms with van der Waals surface area (Å²) in [4.78, 5) is 19.2. The fourth-order valence-corrected chi connectivity index (χ4v) is 5.55. The van der Waals surface area contributed by atoms with Gasteiger partial charge in [0.15, 0.2) is 0 Å². The molecule has 0 radical (unpaired) electrons. The minimum atomic E-state index is -4.56. The van der Waals surface area contributed by atoms with E-state index >= 15 is 0 Å². The molecule has 0 heterocycles. The second-order valence-electron chi connectivity index (χ2n) is 11.4. The number of nitrogens with zero attached hydrogens (tertiary/aromatic N) is 1. The Morgan fingerprint density at radius 2 is 0.971 bits per heavy atom. The smallest absolute Gasteiger partial charge is 0.362 e. The van der Waals surface area contributed by atoms with Crippen molar-refractivity contribution in [2.24, 2.45) is 0 Å². The van der Waals surface area contributed by atoms with E-state index in [1.165, 1.54) is 83.5 Å². The van der Waals surface area contributed by atoms with Crippen molar-refractivity contribution in [2.45, 2.75) is 134 Å². The fourth-order valence-electron chi connectivity index (χ4n) is 4.49. The predicted octanol–water partition coefficient (Wildman–Crippen LogP) is 8.10. The van der Waals surface area contributed by atoms with E-state index in [0.29, 0.717) is 10.9 Å². The lowest BCUT2D eigenvalue weighted by atomic mass is 10.1. The standard InChI is InChI=1S/C29H58NO4P/c1-5-6-7-8-9-10-11-12-13-14-15-16-17-18-19-20-21-22-23-24-25-26-27-29(31,35(32,33)34)28-30(2,3)4/h12-13,21-22,31H,5-11,14-20,23-28H2,1-4H3,(H-,32,33,34)/p+1/b13-12-,22-21-. The van der Waals surface area contributed by atoms with Crippen molar-refractivity contribution in [1.82, 2.24) is 0 Å². The molecule has 0 aromatic heterocycles. The van der Waals surface area contributed by atoms with E-state index in [1.54, 1.807) is 0 Å². The van der Waals surface area contributed by atoms with Gasteiger partial charge in [-0.1, -0.05) is 89.0 Å². The van der Waals surface area contributed by atoms with E-state index in [2.05, 4.69) is 31.2 Å². The number of likely N-dealkylation sites (N-methyl/N-ethyl adjacent to an activating group) is 1. The van der Waals surface area contributed by atoms with E-state index in [9.17, 15) is 19.5 Å². The van der Waals surface area contributed by atoms with Crippen LogP contribution in [-0.2, 0) is 4.57 Å². The predicted molar refractivity (Wildman–Crippen MR) is 152 cm³/mol. The number of unbranched alkanes of at least 4 members (excludes halogenated alkanes) is 15. The van der Waals surface area contributed by atoms with Gasteiger partial charge in [0.05, 0.1) is 21.1 Å². The Balaban J connectivity index is 3.60. The van der Waals surface area contributed by atoms with Crippen molar-refractivity contribution >= 4 is 7.60 Å². The molecule has 0 aromatic carbocycles. The molecule has 6 heteroatoms. The quantitative estimate of drug-likeness (QED) is 0.0524. The molecule has 0 aliphatic rings. The van der Waals surface area contributed by atoms with Crippen LogP contribution in [0, 0.1) is 0 Å². The summed E-state index contributed by atoms with van der Waals surface area (Å²) < 4.78 is 12.1. The van der Waals surface area contributed by atoms with Crippen LogP contribution in [0.2, 0.25) is 0 Å². The van der Waals surface area contributed by atoms with Gasteiger partial charge in [0, 0.05) is 0 Å². The van der Waals surface area contributed by atoms with Crippen molar-refractivity contribution in [3.63, 3.8) is 0 Å². The molecule has 3 N–H and O–H groups in total. The molecule has 0 aliphatic heterocycles. The van der Waals surface area contributed by atoms with Gasteiger partial charge in [-0.25, -0.2) is 0 Å². The molecule has 0 aliphatic carbocycles. The average Bonchev–Trinajstić information content (AvgIpc) is 2.75. The lowest BCUT2D eigenvalue weighted by Crippen LogP contribution is -2.49. The lowest BCUT2D eigenvalue weighted by Gasteiger charge is -2.35. The highest BCUT2D eigenvalue weighted by molar-refractivity contribution is 7.53. The van der Waals surface area contributed by atoms with Crippen molar-refractivity contribution in [1.29, 1.82) is 0 Å². The zero-order valence-corrected chi connectivity index (χ0v) is 24.5. The summed E-state index contributed by atoms with van der Waals surface area (Å²) in [5, 5.41) is 8.63. The summed E-state index contributed by atoms with van der Waals surface area (Å²) in [6, 6.07) is 0.